The van der Waals surface area contributed by atoms with Crippen molar-refractivity contribution in [2.75, 3.05) is 17.7 Å². The van der Waals surface area contributed by atoms with E-state index in [4.69, 9.17) is 16.3 Å². The predicted octanol–water partition coefficient (Wildman–Crippen LogP) is 4.49. The van der Waals surface area contributed by atoms with Crippen LogP contribution in [-0.2, 0) is 20.9 Å². The molecule has 0 saturated carbocycles. The maximum absolute atomic E-state index is 12.7. The minimum atomic E-state index is -0.738. The summed E-state index contributed by atoms with van der Waals surface area (Å²) in [5, 5.41) is 11.0. The molecule has 2 N–H and O–H groups in total. The average Bonchev–Trinajstić information content (AvgIpc) is 3.21. The summed E-state index contributed by atoms with van der Waals surface area (Å²) in [6, 6.07) is 12.3. The van der Waals surface area contributed by atoms with Crippen LogP contribution in [0.25, 0.3) is 11.1 Å². The van der Waals surface area contributed by atoms with Gasteiger partial charge in [0.05, 0.1) is 18.7 Å². The van der Waals surface area contributed by atoms with Gasteiger partial charge in [0, 0.05) is 23.4 Å². The number of methoxy groups -OCH3 is 1. The topological polar surface area (TPSA) is 85.2 Å². The number of nitrogens with one attached hydrogen (secondary N) is 2. The highest BCUT2D eigenvalue weighted by Gasteiger charge is 2.37. The second-order valence-corrected chi connectivity index (χ2v) is 8.05. The molecule has 8 heteroatoms. The molecule has 1 aliphatic heterocycles. The van der Waals surface area contributed by atoms with Gasteiger partial charge in [0.1, 0.15) is 11.9 Å². The lowest BCUT2D eigenvalue weighted by Gasteiger charge is -2.11. The van der Waals surface area contributed by atoms with Crippen molar-refractivity contribution in [1.82, 2.24) is 9.78 Å². The predicted molar refractivity (Wildman–Crippen MR) is 120 cm³/mol. The average molecular weight is 439 g/mol. The molecule has 0 fully saturated rings. The summed E-state index contributed by atoms with van der Waals surface area (Å²) in [6.45, 7) is 4.27. The van der Waals surface area contributed by atoms with Gasteiger partial charge in [-0.25, -0.2) is 4.68 Å². The molecule has 0 spiro atoms. The molecular weight excluding hydrogens is 416 g/mol. The third-order valence-corrected chi connectivity index (χ3v) is 5.66. The molecule has 160 valence electrons. The first-order valence-electron chi connectivity index (χ1n) is 9.91. The van der Waals surface area contributed by atoms with Crippen LogP contribution in [0.3, 0.4) is 0 Å². The number of fused-ring (bicyclic) bond motifs is 1. The van der Waals surface area contributed by atoms with E-state index in [0.717, 1.165) is 22.3 Å². The normalized spacial score (nSPS) is 15.0. The number of hydrogen-bond acceptors (Lipinski definition) is 4. The lowest BCUT2D eigenvalue weighted by atomic mass is 10.1. The summed E-state index contributed by atoms with van der Waals surface area (Å²) in [6.07, 6.45) is -0.0279. The molecule has 2 aromatic carbocycles. The first-order chi connectivity index (χ1) is 14.9. The van der Waals surface area contributed by atoms with Gasteiger partial charge in [-0.05, 0) is 54.8 Å². The van der Waals surface area contributed by atoms with Crippen LogP contribution in [0.5, 0.6) is 0 Å². The largest absolute Gasteiger partial charge is 0.378 e. The summed E-state index contributed by atoms with van der Waals surface area (Å²) in [7, 11) is 1.59. The zero-order valence-electron chi connectivity index (χ0n) is 17.5. The minimum absolute atomic E-state index is 0.0279. The monoisotopic (exact) mass is 438 g/mol. The third kappa shape index (κ3) is 4.19. The van der Waals surface area contributed by atoms with Gasteiger partial charge in [-0.3, -0.25) is 9.59 Å². The van der Waals surface area contributed by atoms with Gasteiger partial charge in [0.2, 0.25) is 5.91 Å². The number of anilines is 2. The molecule has 0 bridgehead atoms. The van der Waals surface area contributed by atoms with E-state index in [1.165, 1.54) is 0 Å². The Morgan fingerprint density at radius 2 is 1.94 bits per heavy atom. The van der Waals surface area contributed by atoms with Crippen molar-refractivity contribution in [3.63, 3.8) is 0 Å². The summed E-state index contributed by atoms with van der Waals surface area (Å²) < 4.78 is 6.88. The number of nitrogens with zero attached hydrogens (tertiary/aromatic N) is 2. The van der Waals surface area contributed by atoms with Crippen LogP contribution >= 0.6 is 11.6 Å². The Balaban J connectivity index is 1.61. The van der Waals surface area contributed by atoms with Crippen molar-refractivity contribution in [1.29, 1.82) is 0 Å². The smallest absolute Gasteiger partial charge is 0.251 e. The quantitative estimate of drug-likeness (QED) is 0.593. The zero-order chi connectivity index (χ0) is 22.1. The number of carbonyl (C=O) groups is 2. The Bertz CT molecular complexity index is 1150. The Morgan fingerprint density at radius 1 is 1.19 bits per heavy atom. The second-order valence-electron chi connectivity index (χ2n) is 7.61. The highest BCUT2D eigenvalue weighted by atomic mass is 35.5. The molecule has 0 saturated heterocycles. The second kappa shape index (κ2) is 8.53. The molecule has 2 heterocycles. The Labute approximate surface area is 185 Å². The van der Waals surface area contributed by atoms with E-state index in [0.29, 0.717) is 22.2 Å². The molecule has 2 amide bonds. The van der Waals surface area contributed by atoms with Gasteiger partial charge < -0.3 is 15.4 Å². The fourth-order valence-corrected chi connectivity index (χ4v) is 3.81. The molecule has 1 atom stereocenters. The third-order valence-electron chi connectivity index (χ3n) is 5.41. The summed E-state index contributed by atoms with van der Waals surface area (Å²) in [5.41, 5.74) is 5.24. The molecule has 31 heavy (non-hydrogen) atoms. The molecule has 1 aliphatic rings. The fraction of sp³-hybridized carbons (Fsp3) is 0.261. The molecule has 3 aromatic rings. The number of amides is 2. The van der Waals surface area contributed by atoms with Crippen LogP contribution in [0, 0.1) is 13.8 Å². The van der Waals surface area contributed by atoms with Crippen molar-refractivity contribution in [2.45, 2.75) is 32.9 Å². The van der Waals surface area contributed by atoms with Gasteiger partial charge in [-0.2, -0.15) is 5.10 Å². The van der Waals surface area contributed by atoms with Crippen LogP contribution in [0.15, 0.2) is 42.5 Å². The van der Waals surface area contributed by atoms with Crippen LogP contribution in [0.1, 0.15) is 29.3 Å². The molecule has 7 nitrogen and oxygen atoms in total. The summed E-state index contributed by atoms with van der Waals surface area (Å²) in [4.78, 5) is 25.4. The van der Waals surface area contributed by atoms with Crippen LogP contribution in [0.4, 0.5) is 11.5 Å². The number of aromatic nitrogens is 2. The van der Waals surface area contributed by atoms with Crippen molar-refractivity contribution in [3.05, 3.63) is 64.3 Å². The van der Waals surface area contributed by atoms with Gasteiger partial charge in [0.15, 0.2) is 0 Å². The van der Waals surface area contributed by atoms with Gasteiger partial charge in [0.25, 0.3) is 5.91 Å². The molecule has 1 unspecified atom stereocenters. The van der Waals surface area contributed by atoms with E-state index < -0.39 is 6.04 Å². The Morgan fingerprint density at radius 3 is 2.61 bits per heavy atom. The first kappa shape index (κ1) is 21.1. The maximum atomic E-state index is 12.7. The maximum Gasteiger partial charge on any atom is 0.251 e. The number of aryl methyl sites for hydroxylation is 2. The molecule has 0 radical (unpaired) electrons. The van der Waals surface area contributed by atoms with Gasteiger partial charge in [-0.15, -0.1) is 0 Å². The van der Waals surface area contributed by atoms with Gasteiger partial charge >= 0.3 is 0 Å². The molecule has 4 rings (SSSR count). The minimum Gasteiger partial charge on any atom is -0.378 e. The molecule has 1 aromatic heterocycles. The number of ether oxygens (including phenoxy) is 1. The van der Waals surface area contributed by atoms with E-state index in [2.05, 4.69) is 15.7 Å². The van der Waals surface area contributed by atoms with Crippen molar-refractivity contribution in [2.24, 2.45) is 0 Å². The first-order valence-corrected chi connectivity index (χ1v) is 10.3. The highest BCUT2D eigenvalue weighted by molar-refractivity contribution is 6.30. The van der Waals surface area contributed by atoms with E-state index in [-0.39, 0.29) is 24.8 Å². The van der Waals surface area contributed by atoms with Crippen molar-refractivity contribution >= 4 is 34.9 Å². The highest BCUT2D eigenvalue weighted by Crippen LogP contribution is 2.39. The number of rotatable bonds is 6. The number of halogens is 1. The van der Waals surface area contributed by atoms with Gasteiger partial charge in [-0.1, -0.05) is 29.8 Å². The number of hydrogen-bond donors (Lipinski definition) is 2. The van der Waals surface area contributed by atoms with Crippen LogP contribution in [-0.4, -0.2) is 28.7 Å². The lowest BCUT2D eigenvalue weighted by Crippen LogP contribution is -2.24. The van der Waals surface area contributed by atoms with E-state index in [9.17, 15) is 9.59 Å². The lowest BCUT2D eigenvalue weighted by molar-refractivity contribution is -0.123. The van der Waals surface area contributed by atoms with E-state index in [1.807, 2.05) is 44.2 Å². The molecule has 0 aliphatic carbocycles. The number of carbonyl (C=O) groups excluding carboxylic acids is 2. The van der Waals surface area contributed by atoms with Crippen molar-refractivity contribution < 1.29 is 14.3 Å². The SMILES string of the molecule is COCc1nn2c(c1-c1ccc(Cl)cc1)NC(=O)C2CC(=O)Nc1ccc(C)c(C)c1. The zero-order valence-corrected chi connectivity index (χ0v) is 18.3. The van der Waals surface area contributed by atoms with E-state index in [1.54, 1.807) is 23.9 Å². The van der Waals surface area contributed by atoms with Crippen LogP contribution in [0.2, 0.25) is 5.02 Å². The van der Waals surface area contributed by atoms with E-state index >= 15 is 0 Å². The fourth-order valence-electron chi connectivity index (χ4n) is 3.68. The molecular formula is C23H23ClN4O3. The Kier molecular flexibility index (Phi) is 5.80. The number of benzene rings is 2. The van der Waals surface area contributed by atoms with Crippen molar-refractivity contribution in [3.8, 4) is 11.1 Å². The Hall–Kier alpha value is -3.16. The summed E-state index contributed by atoms with van der Waals surface area (Å²) in [5.74, 6) is 0.0355. The standard InChI is InChI=1S/C23H23ClN4O3/c1-13-4-9-17(10-14(13)2)25-20(29)11-19-23(30)26-22-21(15-5-7-16(24)8-6-15)18(12-31-3)27-28(19)22/h4-10,19H,11-12H2,1-3H3,(H,25,29)(H,26,30). The van der Waals surface area contributed by atoms with Crippen LogP contribution < -0.4 is 10.6 Å². The summed E-state index contributed by atoms with van der Waals surface area (Å²) >= 11 is 6.02.